The van der Waals surface area contributed by atoms with E-state index in [2.05, 4.69) is 33.0 Å². The van der Waals surface area contributed by atoms with Gasteiger partial charge in [0.15, 0.2) is 0 Å². The Morgan fingerprint density at radius 3 is 2.77 bits per heavy atom. The zero-order valence-corrected chi connectivity index (χ0v) is 9.39. The molecule has 0 radical (unpaired) electrons. The first-order valence-electron chi connectivity index (χ1n) is 5.39. The number of hydrogen-bond donors (Lipinski definition) is 1. The second-order valence-corrected chi connectivity index (χ2v) is 4.76. The van der Waals surface area contributed by atoms with E-state index in [9.17, 15) is 0 Å². The molecule has 1 N–H and O–H groups in total. The van der Waals surface area contributed by atoms with Crippen LogP contribution in [0.25, 0.3) is 0 Å². The van der Waals surface area contributed by atoms with Gasteiger partial charge in [0, 0.05) is 12.6 Å². The highest BCUT2D eigenvalue weighted by molar-refractivity contribution is 4.99. The predicted molar refractivity (Wildman–Crippen MR) is 55.8 cm³/mol. The molecule has 0 aromatic carbocycles. The molecule has 2 atom stereocenters. The van der Waals surface area contributed by atoms with E-state index >= 15 is 0 Å². The summed E-state index contributed by atoms with van der Waals surface area (Å²) in [6.07, 6.45) is 1.33. The lowest BCUT2D eigenvalue weighted by Gasteiger charge is -2.12. The molecule has 0 aromatic rings. The fourth-order valence-corrected chi connectivity index (χ4v) is 1.71. The molecule has 0 aliphatic heterocycles. The van der Waals surface area contributed by atoms with Crippen LogP contribution in [0.1, 0.15) is 34.1 Å². The van der Waals surface area contributed by atoms with Gasteiger partial charge in [0.25, 0.3) is 0 Å². The first kappa shape index (κ1) is 11.0. The standard InChI is InChI=1S/C11H23NO/c1-5-13-8-11(4)6-10(11)7-12-9(2)3/h9-10,12H,5-8H2,1-4H3. The van der Waals surface area contributed by atoms with E-state index < -0.39 is 0 Å². The first-order valence-corrected chi connectivity index (χ1v) is 5.39. The van der Waals surface area contributed by atoms with Crippen LogP contribution in [-0.4, -0.2) is 25.8 Å². The molecule has 13 heavy (non-hydrogen) atoms. The van der Waals surface area contributed by atoms with Gasteiger partial charge in [0.05, 0.1) is 6.61 Å². The van der Waals surface area contributed by atoms with Crippen molar-refractivity contribution in [1.82, 2.24) is 5.32 Å². The van der Waals surface area contributed by atoms with Crippen LogP contribution in [0.4, 0.5) is 0 Å². The summed E-state index contributed by atoms with van der Waals surface area (Å²) in [5, 5.41) is 3.48. The fourth-order valence-electron chi connectivity index (χ4n) is 1.71. The molecular weight excluding hydrogens is 162 g/mol. The molecule has 1 aliphatic rings. The molecule has 1 saturated carbocycles. The van der Waals surface area contributed by atoms with Gasteiger partial charge in [-0.3, -0.25) is 0 Å². The van der Waals surface area contributed by atoms with Crippen molar-refractivity contribution < 1.29 is 4.74 Å². The van der Waals surface area contributed by atoms with Crippen LogP contribution >= 0.6 is 0 Å². The van der Waals surface area contributed by atoms with Gasteiger partial charge >= 0.3 is 0 Å². The van der Waals surface area contributed by atoms with E-state index in [0.717, 1.165) is 25.7 Å². The van der Waals surface area contributed by atoms with Crippen molar-refractivity contribution in [2.45, 2.75) is 40.2 Å². The Bertz CT molecular complexity index is 158. The van der Waals surface area contributed by atoms with Gasteiger partial charge in [0.2, 0.25) is 0 Å². The highest BCUT2D eigenvalue weighted by Gasteiger charge is 2.49. The smallest absolute Gasteiger partial charge is 0.0522 e. The van der Waals surface area contributed by atoms with Gasteiger partial charge in [-0.1, -0.05) is 20.8 Å². The first-order chi connectivity index (χ1) is 6.08. The average Bonchev–Trinajstić information content (AvgIpc) is 2.71. The second-order valence-electron chi connectivity index (χ2n) is 4.76. The van der Waals surface area contributed by atoms with Crippen LogP contribution < -0.4 is 5.32 Å². The third-order valence-corrected chi connectivity index (χ3v) is 2.95. The summed E-state index contributed by atoms with van der Waals surface area (Å²) in [5.74, 6) is 0.835. The van der Waals surface area contributed by atoms with E-state index in [4.69, 9.17) is 4.74 Å². The Morgan fingerprint density at radius 1 is 1.54 bits per heavy atom. The van der Waals surface area contributed by atoms with Crippen molar-refractivity contribution in [1.29, 1.82) is 0 Å². The highest BCUT2D eigenvalue weighted by atomic mass is 16.5. The molecule has 0 heterocycles. The maximum absolute atomic E-state index is 5.47. The van der Waals surface area contributed by atoms with Gasteiger partial charge in [0.1, 0.15) is 0 Å². The Hall–Kier alpha value is -0.0800. The molecule has 1 fully saturated rings. The number of ether oxygens (including phenoxy) is 1. The SMILES string of the molecule is CCOCC1(C)CC1CNC(C)C. The zero-order chi connectivity index (χ0) is 9.90. The lowest BCUT2D eigenvalue weighted by molar-refractivity contribution is 0.101. The monoisotopic (exact) mass is 185 g/mol. The van der Waals surface area contributed by atoms with Crippen molar-refractivity contribution in [2.75, 3.05) is 19.8 Å². The van der Waals surface area contributed by atoms with Crippen molar-refractivity contribution >= 4 is 0 Å². The molecule has 0 amide bonds. The Morgan fingerprint density at radius 2 is 2.23 bits per heavy atom. The summed E-state index contributed by atoms with van der Waals surface area (Å²) in [6.45, 7) is 11.7. The van der Waals surface area contributed by atoms with E-state index in [-0.39, 0.29) is 0 Å². The third-order valence-electron chi connectivity index (χ3n) is 2.95. The molecule has 0 bridgehead atoms. The van der Waals surface area contributed by atoms with E-state index in [0.29, 0.717) is 11.5 Å². The van der Waals surface area contributed by atoms with Crippen molar-refractivity contribution in [3.63, 3.8) is 0 Å². The van der Waals surface area contributed by atoms with E-state index in [1.54, 1.807) is 0 Å². The molecular formula is C11H23NO. The van der Waals surface area contributed by atoms with Crippen LogP contribution in [0.3, 0.4) is 0 Å². The lowest BCUT2D eigenvalue weighted by atomic mass is 10.1. The van der Waals surface area contributed by atoms with Gasteiger partial charge in [-0.15, -0.1) is 0 Å². The Labute approximate surface area is 82.0 Å². The maximum Gasteiger partial charge on any atom is 0.0522 e. The molecule has 0 aromatic heterocycles. The van der Waals surface area contributed by atoms with Gasteiger partial charge in [-0.05, 0) is 31.2 Å². The molecule has 1 rings (SSSR count). The number of nitrogens with one attached hydrogen (secondary N) is 1. The number of hydrogen-bond acceptors (Lipinski definition) is 2. The Kier molecular flexibility index (Phi) is 3.74. The van der Waals surface area contributed by atoms with Crippen molar-refractivity contribution in [3.05, 3.63) is 0 Å². The minimum atomic E-state index is 0.470. The molecule has 2 nitrogen and oxygen atoms in total. The van der Waals surface area contributed by atoms with Gasteiger partial charge in [-0.2, -0.15) is 0 Å². The van der Waals surface area contributed by atoms with Crippen molar-refractivity contribution in [2.24, 2.45) is 11.3 Å². The minimum absolute atomic E-state index is 0.470. The van der Waals surface area contributed by atoms with Crippen LogP contribution in [0, 0.1) is 11.3 Å². The molecule has 0 saturated heterocycles. The largest absolute Gasteiger partial charge is 0.381 e. The topological polar surface area (TPSA) is 21.3 Å². The molecule has 1 aliphatic carbocycles. The Balaban J connectivity index is 2.12. The summed E-state index contributed by atoms with van der Waals surface area (Å²) in [6, 6.07) is 0.608. The molecule has 78 valence electrons. The van der Waals surface area contributed by atoms with Crippen LogP contribution in [-0.2, 0) is 4.74 Å². The number of rotatable bonds is 6. The summed E-state index contributed by atoms with van der Waals surface area (Å²) >= 11 is 0. The van der Waals surface area contributed by atoms with Crippen LogP contribution in [0.2, 0.25) is 0 Å². The maximum atomic E-state index is 5.47. The lowest BCUT2D eigenvalue weighted by Crippen LogP contribution is -2.27. The van der Waals surface area contributed by atoms with Gasteiger partial charge in [-0.25, -0.2) is 0 Å². The summed E-state index contributed by atoms with van der Waals surface area (Å²) in [7, 11) is 0. The van der Waals surface area contributed by atoms with Gasteiger partial charge < -0.3 is 10.1 Å². The quantitative estimate of drug-likeness (QED) is 0.684. The highest BCUT2D eigenvalue weighted by Crippen LogP contribution is 2.51. The summed E-state index contributed by atoms with van der Waals surface area (Å²) in [5.41, 5.74) is 0.470. The second kappa shape index (κ2) is 4.43. The summed E-state index contributed by atoms with van der Waals surface area (Å²) in [4.78, 5) is 0. The fraction of sp³-hybridized carbons (Fsp3) is 1.00. The minimum Gasteiger partial charge on any atom is -0.381 e. The molecule has 2 unspecified atom stereocenters. The third kappa shape index (κ3) is 3.28. The zero-order valence-electron chi connectivity index (χ0n) is 9.39. The normalized spacial score (nSPS) is 32.5. The molecule has 2 heteroatoms. The molecule has 0 spiro atoms. The summed E-state index contributed by atoms with van der Waals surface area (Å²) < 4.78 is 5.47. The predicted octanol–water partition coefficient (Wildman–Crippen LogP) is 2.05. The van der Waals surface area contributed by atoms with Crippen LogP contribution in [0.5, 0.6) is 0 Å². The average molecular weight is 185 g/mol. The van der Waals surface area contributed by atoms with Crippen LogP contribution in [0.15, 0.2) is 0 Å². The van der Waals surface area contributed by atoms with Crippen molar-refractivity contribution in [3.8, 4) is 0 Å². The van der Waals surface area contributed by atoms with E-state index in [1.165, 1.54) is 6.42 Å². The van der Waals surface area contributed by atoms with E-state index in [1.807, 2.05) is 0 Å².